The van der Waals surface area contributed by atoms with Gasteiger partial charge in [0.1, 0.15) is 5.76 Å². The van der Waals surface area contributed by atoms with Crippen LogP contribution >= 0.6 is 0 Å². The maximum absolute atomic E-state index is 13.0. The van der Waals surface area contributed by atoms with Crippen molar-refractivity contribution in [3.05, 3.63) is 36.0 Å². The summed E-state index contributed by atoms with van der Waals surface area (Å²) in [6, 6.07) is 3.83. The second-order valence-electron chi connectivity index (χ2n) is 6.88. The number of rotatable bonds is 3. The summed E-state index contributed by atoms with van der Waals surface area (Å²) in [4.78, 5) is 14.9. The van der Waals surface area contributed by atoms with E-state index >= 15 is 0 Å². The van der Waals surface area contributed by atoms with Crippen LogP contribution in [0.25, 0.3) is 0 Å². The van der Waals surface area contributed by atoms with Crippen LogP contribution in [0, 0.1) is 0 Å². The van der Waals surface area contributed by atoms with Gasteiger partial charge in [0.25, 0.3) is 0 Å². The Kier molecular flexibility index (Phi) is 4.04. The molecule has 1 unspecified atom stereocenters. The van der Waals surface area contributed by atoms with Crippen LogP contribution in [0.15, 0.2) is 29.0 Å². The van der Waals surface area contributed by atoms with Gasteiger partial charge in [-0.2, -0.15) is 5.10 Å². The second kappa shape index (κ2) is 6.34. The van der Waals surface area contributed by atoms with Crippen LogP contribution in [-0.2, 0) is 7.05 Å². The van der Waals surface area contributed by atoms with Crippen molar-refractivity contribution in [1.82, 2.24) is 14.7 Å². The number of aromatic nitrogens is 2. The van der Waals surface area contributed by atoms with E-state index in [0.29, 0.717) is 5.92 Å². The monoisotopic (exact) mass is 328 g/mol. The maximum atomic E-state index is 13.0. The van der Waals surface area contributed by atoms with Crippen molar-refractivity contribution in [2.24, 2.45) is 7.05 Å². The molecule has 6 nitrogen and oxygen atoms in total. The van der Waals surface area contributed by atoms with Crippen molar-refractivity contribution in [2.45, 2.75) is 50.5 Å². The van der Waals surface area contributed by atoms with Crippen molar-refractivity contribution in [3.63, 3.8) is 0 Å². The number of likely N-dealkylation sites (tertiary alicyclic amines) is 1. The molecule has 1 atom stereocenters. The lowest BCUT2D eigenvalue weighted by Crippen LogP contribution is -2.38. The van der Waals surface area contributed by atoms with Crippen molar-refractivity contribution < 1.29 is 9.21 Å². The summed E-state index contributed by atoms with van der Waals surface area (Å²) in [5.41, 5.74) is 1.88. The first-order chi connectivity index (χ1) is 11.7. The number of carbonyl (C=O) groups excluding carboxylic acids is 1. The third-order valence-electron chi connectivity index (χ3n) is 4.95. The molecule has 2 aromatic heterocycles. The van der Waals surface area contributed by atoms with E-state index in [1.54, 1.807) is 10.9 Å². The van der Waals surface area contributed by atoms with E-state index in [1.807, 2.05) is 30.3 Å². The largest absolute Gasteiger partial charge is 0.467 e. The summed E-state index contributed by atoms with van der Waals surface area (Å²) in [5, 5.41) is 7.63. The van der Waals surface area contributed by atoms with E-state index < -0.39 is 0 Å². The molecule has 2 aliphatic rings. The van der Waals surface area contributed by atoms with Crippen LogP contribution < -0.4 is 5.32 Å². The number of amides is 2. The Hall–Kier alpha value is -2.24. The van der Waals surface area contributed by atoms with Crippen LogP contribution in [0.2, 0.25) is 0 Å². The highest BCUT2D eigenvalue weighted by molar-refractivity contribution is 5.90. The number of nitrogens with one attached hydrogen (secondary N) is 1. The van der Waals surface area contributed by atoms with Crippen LogP contribution in [0.5, 0.6) is 0 Å². The van der Waals surface area contributed by atoms with Gasteiger partial charge in [0.05, 0.1) is 23.7 Å². The number of hydrogen-bond acceptors (Lipinski definition) is 3. The fraction of sp³-hybridized carbons (Fsp3) is 0.556. The molecular weight excluding hydrogens is 304 g/mol. The van der Waals surface area contributed by atoms with E-state index in [4.69, 9.17) is 4.42 Å². The van der Waals surface area contributed by atoms with Crippen LogP contribution in [0.1, 0.15) is 61.9 Å². The highest BCUT2D eigenvalue weighted by Crippen LogP contribution is 2.42. The molecule has 0 spiro atoms. The molecule has 2 fully saturated rings. The van der Waals surface area contributed by atoms with E-state index in [1.165, 1.54) is 12.8 Å². The van der Waals surface area contributed by atoms with Gasteiger partial charge in [0.15, 0.2) is 0 Å². The molecule has 4 rings (SSSR count). The molecule has 0 bridgehead atoms. The van der Waals surface area contributed by atoms with Gasteiger partial charge < -0.3 is 14.6 Å². The van der Waals surface area contributed by atoms with E-state index in [-0.39, 0.29) is 12.1 Å². The molecule has 3 heterocycles. The van der Waals surface area contributed by atoms with Crippen molar-refractivity contribution in [1.29, 1.82) is 0 Å². The average molecular weight is 328 g/mol. The van der Waals surface area contributed by atoms with Crippen molar-refractivity contribution >= 4 is 11.7 Å². The Morgan fingerprint density at radius 3 is 2.92 bits per heavy atom. The summed E-state index contributed by atoms with van der Waals surface area (Å²) in [7, 11) is 1.90. The van der Waals surface area contributed by atoms with Gasteiger partial charge in [0.2, 0.25) is 0 Å². The number of carbonyl (C=O) groups is 1. The molecular formula is C18H24N4O2. The average Bonchev–Trinajstić information content (AvgIpc) is 3.23. The third kappa shape index (κ3) is 3.05. The smallest absolute Gasteiger partial charge is 0.322 e. The highest BCUT2D eigenvalue weighted by atomic mass is 16.3. The first-order valence-electron chi connectivity index (χ1n) is 8.87. The maximum Gasteiger partial charge on any atom is 0.322 e. The standard InChI is InChI=1S/C18H24N4O2/c1-21-12-14(17(20-21)13-8-9-13)19-18(23)22-10-4-2-3-6-15(22)16-7-5-11-24-16/h5,7,11-13,15H,2-4,6,8-10H2,1H3,(H,19,23). The zero-order valence-corrected chi connectivity index (χ0v) is 14.1. The Morgan fingerprint density at radius 2 is 2.17 bits per heavy atom. The predicted octanol–water partition coefficient (Wildman–Crippen LogP) is 4.04. The Balaban J connectivity index is 1.55. The lowest BCUT2D eigenvalue weighted by Gasteiger charge is -2.28. The first kappa shape index (κ1) is 15.3. The van der Waals surface area contributed by atoms with Crippen molar-refractivity contribution in [2.75, 3.05) is 11.9 Å². The molecule has 1 aliphatic heterocycles. The van der Waals surface area contributed by atoms with Crippen LogP contribution in [0.4, 0.5) is 10.5 Å². The van der Waals surface area contributed by atoms with Gasteiger partial charge in [-0.25, -0.2) is 4.79 Å². The van der Waals surface area contributed by atoms with Crippen molar-refractivity contribution in [3.8, 4) is 0 Å². The zero-order valence-electron chi connectivity index (χ0n) is 14.1. The van der Waals surface area contributed by atoms with Gasteiger partial charge in [-0.15, -0.1) is 0 Å². The topological polar surface area (TPSA) is 63.3 Å². The molecule has 6 heteroatoms. The lowest BCUT2D eigenvalue weighted by atomic mass is 10.1. The summed E-state index contributed by atoms with van der Waals surface area (Å²) in [6.07, 6.45) is 10.2. The summed E-state index contributed by atoms with van der Waals surface area (Å²) >= 11 is 0. The van der Waals surface area contributed by atoms with Gasteiger partial charge in [-0.3, -0.25) is 4.68 Å². The minimum Gasteiger partial charge on any atom is -0.467 e. The number of aryl methyl sites for hydroxylation is 1. The molecule has 0 radical (unpaired) electrons. The number of furan rings is 1. The minimum atomic E-state index is -0.0480. The van der Waals surface area contributed by atoms with E-state index in [2.05, 4.69) is 10.4 Å². The molecule has 1 saturated carbocycles. The number of urea groups is 1. The minimum absolute atomic E-state index is 0.0172. The summed E-state index contributed by atoms with van der Waals surface area (Å²) < 4.78 is 7.38. The lowest BCUT2D eigenvalue weighted by molar-refractivity contribution is 0.179. The number of anilines is 1. The normalized spacial score (nSPS) is 21.5. The second-order valence-corrected chi connectivity index (χ2v) is 6.88. The van der Waals surface area contributed by atoms with Crippen LogP contribution in [0.3, 0.4) is 0 Å². The fourth-order valence-electron chi connectivity index (χ4n) is 3.58. The van der Waals surface area contributed by atoms with Gasteiger partial charge in [-0.1, -0.05) is 12.8 Å². The molecule has 1 N–H and O–H groups in total. The van der Waals surface area contributed by atoms with E-state index in [9.17, 15) is 4.79 Å². The Bertz CT molecular complexity index is 703. The third-order valence-corrected chi connectivity index (χ3v) is 4.95. The van der Waals surface area contributed by atoms with Crippen LogP contribution in [-0.4, -0.2) is 27.3 Å². The highest BCUT2D eigenvalue weighted by Gasteiger charge is 2.32. The number of nitrogens with zero attached hydrogens (tertiary/aromatic N) is 3. The Morgan fingerprint density at radius 1 is 1.29 bits per heavy atom. The molecule has 1 aliphatic carbocycles. The quantitative estimate of drug-likeness (QED) is 0.925. The predicted molar refractivity (Wildman–Crippen MR) is 90.8 cm³/mol. The molecule has 0 aromatic carbocycles. The zero-order chi connectivity index (χ0) is 16.5. The fourth-order valence-corrected chi connectivity index (χ4v) is 3.58. The molecule has 128 valence electrons. The van der Waals surface area contributed by atoms with Gasteiger partial charge >= 0.3 is 6.03 Å². The molecule has 2 amide bonds. The Labute approximate surface area is 141 Å². The SMILES string of the molecule is Cn1cc(NC(=O)N2CCCCCC2c2ccco2)c(C2CC2)n1. The molecule has 24 heavy (non-hydrogen) atoms. The van der Waals surface area contributed by atoms with Gasteiger partial charge in [-0.05, 0) is 37.8 Å². The summed E-state index contributed by atoms with van der Waals surface area (Å²) in [5.74, 6) is 1.38. The molecule has 1 saturated heterocycles. The van der Waals surface area contributed by atoms with E-state index in [0.717, 1.165) is 49.4 Å². The number of hydrogen-bond donors (Lipinski definition) is 1. The summed E-state index contributed by atoms with van der Waals surface area (Å²) in [6.45, 7) is 0.760. The van der Waals surface area contributed by atoms with Gasteiger partial charge in [0, 0.05) is 25.7 Å². The molecule has 2 aromatic rings. The first-order valence-corrected chi connectivity index (χ1v) is 8.87.